The largest absolute Gasteiger partial charge is 0.466 e. The highest BCUT2D eigenvalue weighted by molar-refractivity contribution is 5.83. The average Bonchev–Trinajstić information content (AvgIpc) is 2.42. The third kappa shape index (κ3) is 3.86. The molecule has 1 aliphatic carbocycles. The molecule has 4 atom stereocenters. The summed E-state index contributed by atoms with van der Waals surface area (Å²) in [7, 11) is 1.10. The molecule has 0 aromatic carbocycles. The molecule has 0 spiro atoms. The summed E-state index contributed by atoms with van der Waals surface area (Å²) in [5.41, 5.74) is 6.77. The first-order chi connectivity index (χ1) is 10.3. The van der Waals surface area contributed by atoms with E-state index < -0.39 is 41.8 Å². The molecule has 10 heteroatoms. The smallest absolute Gasteiger partial charge is 0.350 e. The lowest BCUT2D eigenvalue weighted by atomic mass is 9.78. The Bertz CT molecular complexity index is 517. The molecule has 0 radical (unpaired) electrons. The van der Waals surface area contributed by atoms with Crippen molar-refractivity contribution >= 4 is 17.9 Å². The second kappa shape index (κ2) is 7.10. The Balaban J connectivity index is 3.23. The first-order valence-electron chi connectivity index (χ1n) is 6.43. The van der Waals surface area contributed by atoms with E-state index in [1.54, 1.807) is 0 Å². The molecule has 0 unspecified atom stereocenters. The molecule has 1 fully saturated rings. The van der Waals surface area contributed by atoms with Crippen LogP contribution in [0.1, 0.15) is 26.7 Å². The highest BCUT2D eigenvalue weighted by Crippen LogP contribution is 2.36. The van der Waals surface area contributed by atoms with Crippen molar-refractivity contribution in [3.63, 3.8) is 0 Å². The van der Waals surface area contributed by atoms with Crippen molar-refractivity contribution in [1.82, 2.24) is 0 Å². The maximum atomic E-state index is 12.1. The zero-order valence-corrected chi connectivity index (χ0v) is 12.4. The highest BCUT2D eigenvalue weighted by atomic mass is 16.6. The molecule has 1 saturated carbocycles. The lowest BCUT2D eigenvalue weighted by Crippen LogP contribution is -2.58. The number of rotatable bonds is 4. The van der Waals surface area contributed by atoms with E-state index in [2.05, 4.69) is 14.8 Å². The van der Waals surface area contributed by atoms with Crippen LogP contribution in [-0.2, 0) is 28.6 Å². The maximum Gasteiger partial charge on any atom is 0.350 e. The lowest BCUT2D eigenvalue weighted by Gasteiger charge is -2.42. The first-order valence-corrected chi connectivity index (χ1v) is 6.43. The van der Waals surface area contributed by atoms with Crippen molar-refractivity contribution in [2.75, 3.05) is 7.11 Å². The topological polar surface area (TPSA) is 148 Å². The number of azide groups is 1. The van der Waals surface area contributed by atoms with Crippen LogP contribution in [0.2, 0.25) is 0 Å². The quantitative estimate of drug-likeness (QED) is 0.256. The summed E-state index contributed by atoms with van der Waals surface area (Å²) >= 11 is 0. The minimum absolute atomic E-state index is 0.276. The first kappa shape index (κ1) is 17.7. The Hall–Kier alpha value is -2.32. The molecule has 1 rings (SSSR count). The molecule has 0 amide bonds. The standard InChI is InChI=1S/C12H17N3O7/c1-6(16)21-9-5-12(11(19)20-3,22-7(2)17)4-8(10(9)18)14-15-13/h8-10,18H,4-5H2,1-3H3/t8-,9+,10+,12-/m0/s1. The zero-order valence-electron chi connectivity index (χ0n) is 12.4. The van der Waals surface area contributed by atoms with Gasteiger partial charge in [0.15, 0.2) is 0 Å². The summed E-state index contributed by atoms with van der Waals surface area (Å²) in [5, 5.41) is 13.5. The van der Waals surface area contributed by atoms with Gasteiger partial charge in [-0.2, -0.15) is 0 Å². The van der Waals surface area contributed by atoms with Crippen molar-refractivity contribution in [2.24, 2.45) is 5.11 Å². The number of hydrogen-bond donors (Lipinski definition) is 1. The van der Waals surface area contributed by atoms with Gasteiger partial charge in [-0.1, -0.05) is 5.11 Å². The van der Waals surface area contributed by atoms with Gasteiger partial charge in [0.1, 0.15) is 6.10 Å². The molecular weight excluding hydrogens is 298 g/mol. The number of ether oxygens (including phenoxy) is 3. The Morgan fingerprint density at radius 2 is 1.91 bits per heavy atom. The second-order valence-corrected chi connectivity index (χ2v) is 4.90. The molecule has 122 valence electrons. The number of aliphatic hydroxyl groups excluding tert-OH is 1. The van der Waals surface area contributed by atoms with Crippen LogP contribution in [0.3, 0.4) is 0 Å². The molecule has 0 aromatic rings. The molecule has 1 N–H and O–H groups in total. The maximum absolute atomic E-state index is 12.1. The third-order valence-electron chi connectivity index (χ3n) is 3.26. The van der Waals surface area contributed by atoms with E-state index in [0.29, 0.717) is 0 Å². The number of esters is 3. The predicted octanol–water partition coefficient (Wildman–Crippen LogP) is 0.227. The number of methoxy groups -OCH3 is 1. The van der Waals surface area contributed by atoms with Gasteiger partial charge < -0.3 is 19.3 Å². The Morgan fingerprint density at radius 1 is 1.27 bits per heavy atom. The molecule has 0 saturated heterocycles. The number of carbonyl (C=O) groups excluding carboxylic acids is 3. The Kier molecular flexibility index (Phi) is 5.72. The van der Waals surface area contributed by atoms with E-state index in [-0.39, 0.29) is 12.8 Å². The zero-order chi connectivity index (χ0) is 16.9. The fourth-order valence-electron chi connectivity index (χ4n) is 2.49. The fourth-order valence-corrected chi connectivity index (χ4v) is 2.49. The molecule has 1 aliphatic rings. The molecular formula is C12H17N3O7. The summed E-state index contributed by atoms with van der Waals surface area (Å²) < 4.78 is 14.6. The SMILES string of the molecule is COC(=O)[C@]1(OC(C)=O)C[C@H](N=[N+]=[N-])[C@@H](O)[C@H](OC(C)=O)C1. The van der Waals surface area contributed by atoms with Gasteiger partial charge in [-0.05, 0) is 5.53 Å². The van der Waals surface area contributed by atoms with E-state index >= 15 is 0 Å². The molecule has 10 nitrogen and oxygen atoms in total. The van der Waals surface area contributed by atoms with Crippen LogP contribution < -0.4 is 0 Å². The van der Waals surface area contributed by atoms with Crippen molar-refractivity contribution < 1.29 is 33.7 Å². The van der Waals surface area contributed by atoms with E-state index in [9.17, 15) is 19.5 Å². The minimum atomic E-state index is -1.79. The van der Waals surface area contributed by atoms with Gasteiger partial charge in [0.05, 0.1) is 19.3 Å². The van der Waals surface area contributed by atoms with Crippen LogP contribution in [0.15, 0.2) is 5.11 Å². The lowest BCUT2D eigenvalue weighted by molar-refractivity contribution is -0.199. The van der Waals surface area contributed by atoms with Crippen LogP contribution in [0.25, 0.3) is 10.4 Å². The molecule has 0 bridgehead atoms. The van der Waals surface area contributed by atoms with E-state index in [0.717, 1.165) is 21.0 Å². The molecule has 0 aromatic heterocycles. The molecule has 0 heterocycles. The van der Waals surface area contributed by atoms with Crippen LogP contribution in [-0.4, -0.2) is 54.0 Å². The molecule has 0 aliphatic heterocycles. The molecule has 22 heavy (non-hydrogen) atoms. The van der Waals surface area contributed by atoms with Gasteiger partial charge in [0, 0.05) is 31.6 Å². The van der Waals surface area contributed by atoms with Gasteiger partial charge >= 0.3 is 17.9 Å². The van der Waals surface area contributed by atoms with Gasteiger partial charge in [-0.25, -0.2) is 4.79 Å². The van der Waals surface area contributed by atoms with E-state index in [4.69, 9.17) is 15.0 Å². The van der Waals surface area contributed by atoms with Crippen LogP contribution in [0.4, 0.5) is 0 Å². The van der Waals surface area contributed by atoms with Crippen molar-refractivity contribution in [3.05, 3.63) is 10.4 Å². The van der Waals surface area contributed by atoms with Crippen LogP contribution in [0, 0.1) is 0 Å². The van der Waals surface area contributed by atoms with Gasteiger partial charge in [0.25, 0.3) is 0 Å². The van der Waals surface area contributed by atoms with Crippen molar-refractivity contribution in [2.45, 2.75) is 50.5 Å². The van der Waals surface area contributed by atoms with E-state index in [1.165, 1.54) is 0 Å². The Labute approximate surface area is 126 Å². The second-order valence-electron chi connectivity index (χ2n) is 4.90. The summed E-state index contributed by atoms with van der Waals surface area (Å²) in [6.45, 7) is 2.22. The summed E-state index contributed by atoms with van der Waals surface area (Å²) in [4.78, 5) is 37.1. The monoisotopic (exact) mass is 315 g/mol. The van der Waals surface area contributed by atoms with Crippen molar-refractivity contribution in [3.8, 4) is 0 Å². The van der Waals surface area contributed by atoms with Crippen LogP contribution >= 0.6 is 0 Å². The number of aliphatic hydroxyl groups is 1. The highest BCUT2D eigenvalue weighted by Gasteiger charge is 2.54. The predicted molar refractivity (Wildman–Crippen MR) is 70.2 cm³/mol. The normalized spacial score (nSPS) is 30.6. The van der Waals surface area contributed by atoms with E-state index in [1.807, 2.05) is 0 Å². The average molecular weight is 315 g/mol. The summed E-state index contributed by atoms with van der Waals surface area (Å²) in [5.74, 6) is -2.35. The van der Waals surface area contributed by atoms with Gasteiger partial charge in [-0.15, -0.1) is 0 Å². The summed E-state index contributed by atoms with van der Waals surface area (Å²) in [6.07, 6.45) is -3.08. The minimum Gasteiger partial charge on any atom is -0.466 e. The number of nitrogens with zero attached hydrogens (tertiary/aromatic N) is 3. The summed E-state index contributed by atoms with van der Waals surface area (Å²) in [6, 6.07) is -1.12. The third-order valence-corrected chi connectivity index (χ3v) is 3.26. The Morgan fingerprint density at radius 3 is 2.36 bits per heavy atom. The van der Waals surface area contributed by atoms with Crippen LogP contribution in [0.5, 0.6) is 0 Å². The van der Waals surface area contributed by atoms with Gasteiger partial charge in [0.2, 0.25) is 5.60 Å². The number of carbonyl (C=O) groups is 3. The fraction of sp³-hybridized carbons (Fsp3) is 0.750. The van der Waals surface area contributed by atoms with Gasteiger partial charge in [-0.3, -0.25) is 9.59 Å². The number of hydrogen-bond acceptors (Lipinski definition) is 8. The van der Waals surface area contributed by atoms with Crippen molar-refractivity contribution in [1.29, 1.82) is 0 Å².